The van der Waals surface area contributed by atoms with Gasteiger partial charge in [-0.2, -0.15) is 0 Å². The molecule has 0 atom stereocenters. The van der Waals surface area contributed by atoms with E-state index in [1.54, 1.807) is 0 Å². The van der Waals surface area contributed by atoms with Crippen LogP contribution in [0.25, 0.3) is 0 Å². The molecule has 1 aliphatic carbocycles. The van der Waals surface area contributed by atoms with E-state index in [1.807, 2.05) is 0 Å². The predicted molar refractivity (Wildman–Crippen MR) is 43.5 cm³/mol. The molecule has 0 heteroatoms. The summed E-state index contributed by atoms with van der Waals surface area (Å²) in [6, 6.07) is 0. The zero-order chi connectivity index (χ0) is 6.20. The molecule has 0 bridgehead atoms. The summed E-state index contributed by atoms with van der Waals surface area (Å²) in [6.07, 6.45) is 4.43. The predicted octanol–water partition coefficient (Wildman–Crippen LogP) is 3.47. The second-order valence-corrected chi connectivity index (χ2v) is 4.21. The van der Waals surface area contributed by atoms with Gasteiger partial charge in [-0.25, -0.2) is 0 Å². The Morgan fingerprint density at radius 1 is 1.22 bits per heavy atom. The molecule has 0 radical (unpaired) electrons. The van der Waals surface area contributed by atoms with Crippen molar-refractivity contribution in [3.05, 3.63) is 0 Å². The van der Waals surface area contributed by atoms with Crippen molar-refractivity contribution in [2.75, 3.05) is 0 Å². The normalized spacial score (nSPS) is 19.0. The van der Waals surface area contributed by atoms with Gasteiger partial charge in [0.1, 0.15) is 0 Å². The Labute approximate surface area is 59.7 Å². The molecule has 0 amide bonds. The fraction of sp³-hybridized carbons (Fsp3) is 1.00. The van der Waals surface area contributed by atoms with Crippen LogP contribution in [0.3, 0.4) is 0 Å². The van der Waals surface area contributed by atoms with Gasteiger partial charge >= 0.3 is 0 Å². The van der Waals surface area contributed by atoms with Gasteiger partial charge < -0.3 is 0 Å². The molecule has 1 saturated carbocycles. The molecule has 0 unspecified atom stereocenters. The molecule has 0 N–H and O–H groups in total. The van der Waals surface area contributed by atoms with Gasteiger partial charge in [0.2, 0.25) is 0 Å². The van der Waals surface area contributed by atoms with Crippen LogP contribution in [0.1, 0.15) is 47.5 Å². The summed E-state index contributed by atoms with van der Waals surface area (Å²) in [6.45, 7) is 6.97. The van der Waals surface area contributed by atoms with Gasteiger partial charge in [-0.1, -0.05) is 41.0 Å². The van der Waals surface area contributed by atoms with Crippen LogP contribution in [0.2, 0.25) is 0 Å². The highest BCUT2D eigenvalue weighted by Gasteiger charge is 2.26. The van der Waals surface area contributed by atoms with E-state index in [-0.39, 0.29) is 7.43 Å². The minimum Gasteiger partial charge on any atom is -0.0776 e. The van der Waals surface area contributed by atoms with E-state index in [1.165, 1.54) is 19.3 Å². The van der Waals surface area contributed by atoms with Gasteiger partial charge in [0.25, 0.3) is 0 Å². The summed E-state index contributed by atoms with van der Waals surface area (Å²) in [5, 5.41) is 0. The Balaban J connectivity index is 0.000000640. The Morgan fingerprint density at radius 2 is 1.67 bits per heavy atom. The molecule has 1 fully saturated rings. The molecule has 0 nitrogen and oxygen atoms in total. The fourth-order valence-corrected chi connectivity index (χ4v) is 1.19. The maximum Gasteiger partial charge on any atom is -0.0380 e. The third kappa shape index (κ3) is 4.50. The van der Waals surface area contributed by atoms with Gasteiger partial charge in [-0.05, 0) is 17.8 Å². The zero-order valence-electron chi connectivity index (χ0n) is 6.20. The third-order valence-corrected chi connectivity index (χ3v) is 1.60. The van der Waals surface area contributed by atoms with Crippen LogP contribution >= 0.6 is 0 Å². The van der Waals surface area contributed by atoms with Gasteiger partial charge in [-0.3, -0.25) is 0 Å². The Kier molecular flexibility index (Phi) is 2.72. The Hall–Kier alpha value is 0. The summed E-state index contributed by atoms with van der Waals surface area (Å²) in [5.74, 6) is 1.09. The van der Waals surface area contributed by atoms with Crippen molar-refractivity contribution in [3.8, 4) is 0 Å². The first-order valence-electron chi connectivity index (χ1n) is 3.58. The number of hydrogen-bond acceptors (Lipinski definition) is 0. The smallest absolute Gasteiger partial charge is 0.0380 e. The highest BCUT2D eigenvalue weighted by Crippen LogP contribution is 2.39. The molecular weight excluding hydrogens is 108 g/mol. The number of rotatable bonds is 1. The van der Waals surface area contributed by atoms with Gasteiger partial charge in [0.15, 0.2) is 0 Å². The van der Waals surface area contributed by atoms with E-state index >= 15 is 0 Å². The van der Waals surface area contributed by atoms with Gasteiger partial charge in [0.05, 0.1) is 0 Å². The van der Waals surface area contributed by atoms with Crippen LogP contribution in [-0.4, -0.2) is 0 Å². The van der Waals surface area contributed by atoms with Crippen LogP contribution in [0.15, 0.2) is 0 Å². The molecule has 0 aromatic heterocycles. The summed E-state index contributed by atoms with van der Waals surface area (Å²) in [5.41, 5.74) is 0.584. The molecule has 0 aromatic carbocycles. The van der Waals surface area contributed by atoms with Crippen molar-refractivity contribution in [2.45, 2.75) is 47.5 Å². The summed E-state index contributed by atoms with van der Waals surface area (Å²) < 4.78 is 0. The van der Waals surface area contributed by atoms with Crippen molar-refractivity contribution < 1.29 is 0 Å². The second kappa shape index (κ2) is 2.72. The maximum atomic E-state index is 2.32. The average molecular weight is 128 g/mol. The van der Waals surface area contributed by atoms with Crippen LogP contribution in [0.5, 0.6) is 0 Å². The number of hydrogen-bond donors (Lipinski definition) is 0. The van der Waals surface area contributed by atoms with E-state index in [0.717, 1.165) is 5.92 Å². The highest BCUT2D eigenvalue weighted by molar-refractivity contribution is 4.78. The molecule has 0 spiro atoms. The first-order chi connectivity index (χ1) is 3.58. The SMILES string of the molecule is C.CC(C)(C)CC1CC1. The molecule has 0 saturated heterocycles. The molecule has 0 aromatic rings. The highest BCUT2D eigenvalue weighted by atomic mass is 14.3. The minimum atomic E-state index is 0. The molecule has 1 rings (SSSR count). The molecule has 1 aliphatic rings. The third-order valence-electron chi connectivity index (χ3n) is 1.60. The van der Waals surface area contributed by atoms with Gasteiger partial charge in [-0.15, -0.1) is 0 Å². The van der Waals surface area contributed by atoms with Crippen molar-refractivity contribution >= 4 is 0 Å². The fourth-order valence-electron chi connectivity index (χ4n) is 1.19. The van der Waals surface area contributed by atoms with Crippen LogP contribution in [0, 0.1) is 11.3 Å². The van der Waals surface area contributed by atoms with Crippen LogP contribution in [0.4, 0.5) is 0 Å². The van der Waals surface area contributed by atoms with Crippen LogP contribution in [-0.2, 0) is 0 Å². The Bertz CT molecular complexity index is 72.5. The summed E-state index contributed by atoms with van der Waals surface area (Å²) >= 11 is 0. The van der Waals surface area contributed by atoms with E-state index < -0.39 is 0 Å². The maximum absolute atomic E-state index is 2.32. The van der Waals surface area contributed by atoms with E-state index in [9.17, 15) is 0 Å². The van der Waals surface area contributed by atoms with Gasteiger partial charge in [0, 0.05) is 0 Å². The van der Waals surface area contributed by atoms with E-state index in [2.05, 4.69) is 20.8 Å². The van der Waals surface area contributed by atoms with Crippen molar-refractivity contribution in [1.29, 1.82) is 0 Å². The lowest BCUT2D eigenvalue weighted by atomic mass is 9.90. The minimum absolute atomic E-state index is 0. The Morgan fingerprint density at radius 3 is 1.78 bits per heavy atom. The topological polar surface area (TPSA) is 0 Å². The average Bonchev–Trinajstić information content (AvgIpc) is 2.12. The molecule has 0 aliphatic heterocycles. The molecule has 9 heavy (non-hydrogen) atoms. The quantitative estimate of drug-likeness (QED) is 0.507. The first kappa shape index (κ1) is 9.00. The zero-order valence-corrected chi connectivity index (χ0v) is 6.20. The van der Waals surface area contributed by atoms with Crippen molar-refractivity contribution in [1.82, 2.24) is 0 Å². The lowest BCUT2D eigenvalue weighted by molar-refractivity contribution is 0.354. The van der Waals surface area contributed by atoms with Crippen molar-refractivity contribution in [2.24, 2.45) is 11.3 Å². The molecular formula is C9H20. The molecule has 56 valence electrons. The molecule has 0 heterocycles. The lowest BCUT2D eigenvalue weighted by Gasteiger charge is -2.16. The summed E-state index contributed by atoms with van der Waals surface area (Å²) in [7, 11) is 0. The first-order valence-corrected chi connectivity index (χ1v) is 3.58. The lowest BCUT2D eigenvalue weighted by Crippen LogP contribution is -2.04. The monoisotopic (exact) mass is 128 g/mol. The second-order valence-electron chi connectivity index (χ2n) is 4.21. The summed E-state index contributed by atoms with van der Waals surface area (Å²) in [4.78, 5) is 0. The van der Waals surface area contributed by atoms with Crippen molar-refractivity contribution in [3.63, 3.8) is 0 Å². The standard InChI is InChI=1S/C8H16.CH4/c1-8(2,3)6-7-4-5-7;/h7H,4-6H2,1-3H3;1H4. The largest absolute Gasteiger partial charge is 0.0776 e. The van der Waals surface area contributed by atoms with E-state index in [4.69, 9.17) is 0 Å². The van der Waals surface area contributed by atoms with E-state index in [0.29, 0.717) is 5.41 Å². The van der Waals surface area contributed by atoms with Crippen LogP contribution < -0.4 is 0 Å².